The minimum atomic E-state index is 0.516. The molecule has 1 aliphatic rings. The molecule has 0 spiro atoms. The first-order chi connectivity index (χ1) is 10.2. The summed E-state index contributed by atoms with van der Waals surface area (Å²) in [5, 5.41) is 8.41. The van der Waals surface area contributed by atoms with Gasteiger partial charge in [0, 0.05) is 32.2 Å². The molecule has 1 fully saturated rings. The molecule has 1 unspecified atom stereocenters. The van der Waals surface area contributed by atoms with E-state index in [0.29, 0.717) is 12.0 Å². The lowest BCUT2D eigenvalue weighted by Crippen LogP contribution is -2.41. The summed E-state index contributed by atoms with van der Waals surface area (Å²) in [5.41, 5.74) is 2.51. The van der Waals surface area contributed by atoms with Crippen LogP contribution in [0.5, 0.6) is 0 Å². The third kappa shape index (κ3) is 4.08. The van der Waals surface area contributed by atoms with E-state index >= 15 is 0 Å². The van der Waals surface area contributed by atoms with Gasteiger partial charge in [0.05, 0.1) is 15.9 Å². The molecule has 1 aromatic rings. The van der Waals surface area contributed by atoms with Gasteiger partial charge in [-0.05, 0) is 54.6 Å². The van der Waals surface area contributed by atoms with Gasteiger partial charge in [0.15, 0.2) is 0 Å². The highest BCUT2D eigenvalue weighted by Crippen LogP contribution is 2.27. The van der Waals surface area contributed by atoms with Crippen molar-refractivity contribution in [3.05, 3.63) is 15.9 Å². The lowest BCUT2D eigenvalue weighted by Gasteiger charge is -2.31. The number of ether oxygens (including phenoxy) is 1. The van der Waals surface area contributed by atoms with Crippen LogP contribution in [0.25, 0.3) is 0 Å². The van der Waals surface area contributed by atoms with E-state index in [-0.39, 0.29) is 0 Å². The molecule has 1 saturated heterocycles. The monoisotopic (exact) mass is 357 g/mol. The van der Waals surface area contributed by atoms with Crippen LogP contribution in [-0.2, 0) is 24.1 Å². The second kappa shape index (κ2) is 8.30. The van der Waals surface area contributed by atoms with E-state index in [1.165, 1.54) is 15.9 Å². The number of likely N-dealkylation sites (N-methyl/N-ethyl adjacent to an activating group) is 1. The Kier molecular flexibility index (Phi) is 6.71. The summed E-state index contributed by atoms with van der Waals surface area (Å²) in [6.07, 6.45) is 4.34. The molecule has 0 aromatic carbocycles. The summed E-state index contributed by atoms with van der Waals surface area (Å²) >= 11 is 3.77. The fourth-order valence-electron chi connectivity index (χ4n) is 3.21. The second-order valence-electron chi connectivity index (χ2n) is 5.69. The highest BCUT2D eigenvalue weighted by Gasteiger charge is 2.26. The number of hydrogen-bond donors (Lipinski definition) is 1. The van der Waals surface area contributed by atoms with E-state index in [2.05, 4.69) is 46.7 Å². The summed E-state index contributed by atoms with van der Waals surface area (Å²) in [6.45, 7) is 10.3. The van der Waals surface area contributed by atoms with Gasteiger partial charge < -0.3 is 10.1 Å². The molecule has 21 heavy (non-hydrogen) atoms. The fourth-order valence-corrected chi connectivity index (χ4v) is 3.93. The molecule has 0 amide bonds. The van der Waals surface area contributed by atoms with Gasteiger partial charge in [0.2, 0.25) is 0 Å². The third-order valence-electron chi connectivity index (χ3n) is 4.41. The van der Waals surface area contributed by atoms with E-state index < -0.39 is 0 Å². The Morgan fingerprint density at radius 1 is 1.33 bits per heavy atom. The van der Waals surface area contributed by atoms with Crippen molar-refractivity contribution < 1.29 is 4.74 Å². The topological polar surface area (TPSA) is 39.1 Å². The molecule has 120 valence electrons. The van der Waals surface area contributed by atoms with Crippen LogP contribution in [0, 0.1) is 5.92 Å². The SMILES string of the molecule is CCNC(Cc1c(Br)c(CC)nn1CC)C1CCOCC1. The maximum atomic E-state index is 5.51. The van der Waals surface area contributed by atoms with Crippen LogP contribution in [0.4, 0.5) is 0 Å². The van der Waals surface area contributed by atoms with Crippen LogP contribution in [0.1, 0.15) is 45.0 Å². The van der Waals surface area contributed by atoms with Crippen LogP contribution >= 0.6 is 15.9 Å². The van der Waals surface area contributed by atoms with E-state index in [1.807, 2.05) is 0 Å². The summed E-state index contributed by atoms with van der Waals surface area (Å²) in [5.74, 6) is 0.705. The van der Waals surface area contributed by atoms with Crippen molar-refractivity contribution in [3.8, 4) is 0 Å². The first kappa shape index (κ1) is 17.0. The van der Waals surface area contributed by atoms with Crippen LogP contribution in [0.15, 0.2) is 4.47 Å². The Hall–Kier alpha value is -0.390. The summed E-state index contributed by atoms with van der Waals surface area (Å²) in [4.78, 5) is 0. The number of halogens is 1. The van der Waals surface area contributed by atoms with Crippen LogP contribution in [0.3, 0.4) is 0 Å². The van der Waals surface area contributed by atoms with Gasteiger partial charge >= 0.3 is 0 Å². The summed E-state index contributed by atoms with van der Waals surface area (Å²) in [6, 6.07) is 0.516. The number of aromatic nitrogens is 2. The number of hydrogen-bond acceptors (Lipinski definition) is 3. The van der Waals surface area contributed by atoms with Gasteiger partial charge in [-0.3, -0.25) is 4.68 Å². The van der Waals surface area contributed by atoms with Gasteiger partial charge in [0.1, 0.15) is 0 Å². The van der Waals surface area contributed by atoms with Crippen LogP contribution in [-0.4, -0.2) is 35.6 Å². The lowest BCUT2D eigenvalue weighted by atomic mass is 9.88. The largest absolute Gasteiger partial charge is 0.381 e. The predicted octanol–water partition coefficient (Wildman–Crippen LogP) is 3.18. The van der Waals surface area contributed by atoms with Crippen molar-refractivity contribution >= 4 is 15.9 Å². The van der Waals surface area contributed by atoms with Crippen LogP contribution in [0.2, 0.25) is 0 Å². The predicted molar refractivity (Wildman–Crippen MR) is 89.7 cm³/mol. The smallest absolute Gasteiger partial charge is 0.0766 e. The highest BCUT2D eigenvalue weighted by atomic mass is 79.9. The van der Waals surface area contributed by atoms with Crippen LogP contribution < -0.4 is 5.32 Å². The number of nitrogens with zero attached hydrogens (tertiary/aromatic N) is 2. The molecule has 5 heteroatoms. The summed E-state index contributed by atoms with van der Waals surface area (Å²) < 4.78 is 8.88. The van der Waals surface area contributed by atoms with E-state index in [0.717, 1.165) is 52.0 Å². The molecular formula is C16H28BrN3O. The minimum Gasteiger partial charge on any atom is -0.381 e. The van der Waals surface area contributed by atoms with Gasteiger partial charge in [-0.1, -0.05) is 13.8 Å². The van der Waals surface area contributed by atoms with Crippen molar-refractivity contribution in [1.29, 1.82) is 0 Å². The number of rotatable bonds is 7. The number of nitrogens with one attached hydrogen (secondary N) is 1. The van der Waals surface area contributed by atoms with E-state index in [1.54, 1.807) is 0 Å². The van der Waals surface area contributed by atoms with Crippen molar-refractivity contribution in [1.82, 2.24) is 15.1 Å². The van der Waals surface area contributed by atoms with Gasteiger partial charge in [-0.25, -0.2) is 0 Å². The molecular weight excluding hydrogens is 330 g/mol. The molecule has 0 saturated carbocycles. The zero-order valence-corrected chi connectivity index (χ0v) is 15.1. The van der Waals surface area contributed by atoms with Crippen molar-refractivity contribution in [3.63, 3.8) is 0 Å². The molecule has 2 rings (SSSR count). The van der Waals surface area contributed by atoms with Gasteiger partial charge in [-0.15, -0.1) is 0 Å². The molecule has 1 N–H and O–H groups in total. The summed E-state index contributed by atoms with van der Waals surface area (Å²) in [7, 11) is 0. The zero-order valence-electron chi connectivity index (χ0n) is 13.5. The Labute approximate surface area is 136 Å². The molecule has 1 aromatic heterocycles. The van der Waals surface area contributed by atoms with E-state index in [9.17, 15) is 0 Å². The van der Waals surface area contributed by atoms with Gasteiger partial charge in [-0.2, -0.15) is 5.10 Å². The first-order valence-corrected chi connectivity index (χ1v) is 9.05. The first-order valence-electron chi connectivity index (χ1n) is 8.26. The third-order valence-corrected chi connectivity index (χ3v) is 5.32. The molecule has 1 aliphatic heterocycles. The minimum absolute atomic E-state index is 0.516. The Morgan fingerprint density at radius 3 is 2.62 bits per heavy atom. The maximum Gasteiger partial charge on any atom is 0.0766 e. The Balaban J connectivity index is 2.17. The zero-order chi connectivity index (χ0) is 15.2. The molecule has 1 atom stereocenters. The molecule has 4 nitrogen and oxygen atoms in total. The molecule has 2 heterocycles. The average Bonchev–Trinajstić information content (AvgIpc) is 2.83. The normalized spacial score (nSPS) is 18.1. The van der Waals surface area contributed by atoms with Gasteiger partial charge in [0.25, 0.3) is 0 Å². The lowest BCUT2D eigenvalue weighted by molar-refractivity contribution is 0.0537. The number of aryl methyl sites for hydroxylation is 2. The Bertz CT molecular complexity index is 441. The molecule has 0 radical (unpaired) electrons. The second-order valence-corrected chi connectivity index (χ2v) is 6.49. The van der Waals surface area contributed by atoms with E-state index in [4.69, 9.17) is 9.84 Å². The van der Waals surface area contributed by atoms with Crippen molar-refractivity contribution in [2.75, 3.05) is 19.8 Å². The Morgan fingerprint density at radius 2 is 2.05 bits per heavy atom. The molecule has 0 aliphatic carbocycles. The highest BCUT2D eigenvalue weighted by molar-refractivity contribution is 9.10. The molecule has 0 bridgehead atoms. The van der Waals surface area contributed by atoms with Crippen molar-refractivity contribution in [2.45, 2.75) is 59.0 Å². The fraction of sp³-hybridized carbons (Fsp3) is 0.812. The van der Waals surface area contributed by atoms with Crippen molar-refractivity contribution in [2.24, 2.45) is 5.92 Å². The average molecular weight is 358 g/mol. The quantitative estimate of drug-likeness (QED) is 0.814. The standard InChI is InChI=1S/C16H28BrN3O/c1-4-13-16(17)15(20(6-3)19-13)11-14(18-5-2)12-7-9-21-10-8-12/h12,14,18H,4-11H2,1-3H3. The maximum absolute atomic E-state index is 5.51.